The van der Waals surface area contributed by atoms with Crippen molar-refractivity contribution in [2.75, 3.05) is 6.61 Å². The van der Waals surface area contributed by atoms with Crippen LogP contribution in [0.2, 0.25) is 5.02 Å². The molecular weight excluding hydrogens is 410 g/mol. The average molecular weight is 425 g/mol. The normalized spacial score (nSPS) is 10.9. The second-order valence-corrected chi connectivity index (χ2v) is 6.87. The van der Waals surface area contributed by atoms with Crippen molar-refractivity contribution in [2.24, 2.45) is 7.05 Å². The fourth-order valence-corrected chi connectivity index (χ4v) is 3.20. The van der Waals surface area contributed by atoms with Gasteiger partial charge in [0.1, 0.15) is 5.75 Å². The Labute approximate surface area is 157 Å². The van der Waals surface area contributed by atoms with Crippen molar-refractivity contribution in [3.63, 3.8) is 0 Å². The number of halogens is 2. The maximum atomic E-state index is 12.0. The van der Waals surface area contributed by atoms with Gasteiger partial charge in [0, 0.05) is 17.2 Å². The van der Waals surface area contributed by atoms with Crippen LogP contribution in [0.1, 0.15) is 11.3 Å². The summed E-state index contributed by atoms with van der Waals surface area (Å²) in [5, 5.41) is 5.41. The topological polar surface area (TPSA) is 66.2 Å². The first-order valence-electron chi connectivity index (χ1n) is 7.44. The fourth-order valence-electron chi connectivity index (χ4n) is 2.49. The Kier molecular flexibility index (Phi) is 4.96. The van der Waals surface area contributed by atoms with Crippen molar-refractivity contribution in [3.05, 3.63) is 45.0 Å². The quantitative estimate of drug-likeness (QED) is 0.468. The minimum atomic E-state index is -0.569. The number of rotatable bonds is 4. The molecule has 0 spiro atoms. The summed E-state index contributed by atoms with van der Waals surface area (Å²) in [6.07, 6.45) is 0. The molecule has 0 aliphatic heterocycles. The lowest BCUT2D eigenvalue weighted by molar-refractivity contribution is -0.136. The Balaban J connectivity index is 1.75. The van der Waals surface area contributed by atoms with Crippen LogP contribution < -0.4 is 9.47 Å². The van der Waals surface area contributed by atoms with Gasteiger partial charge in [-0.3, -0.25) is 0 Å². The van der Waals surface area contributed by atoms with E-state index in [-0.39, 0.29) is 12.4 Å². The summed E-state index contributed by atoms with van der Waals surface area (Å²) in [5.41, 5.74) is 2.58. The summed E-state index contributed by atoms with van der Waals surface area (Å²) in [5.74, 6) is 0.0555. The van der Waals surface area contributed by atoms with Gasteiger partial charge in [-0.25, -0.2) is 14.5 Å². The molecule has 25 heavy (non-hydrogen) atoms. The number of nitrogens with zero attached hydrogens (tertiary/aromatic N) is 3. The summed E-state index contributed by atoms with van der Waals surface area (Å²) in [7, 11) is 1.78. The Morgan fingerprint density at radius 2 is 2.08 bits per heavy atom. The molecule has 6 nitrogen and oxygen atoms in total. The number of hydrogen-bond donors (Lipinski definition) is 0. The summed E-state index contributed by atoms with van der Waals surface area (Å²) >= 11 is 9.33. The summed E-state index contributed by atoms with van der Waals surface area (Å²) in [6.45, 7) is 3.58. The number of esters is 1. The van der Waals surface area contributed by atoms with Crippen LogP contribution >= 0.6 is 27.5 Å². The maximum Gasteiger partial charge on any atom is 0.349 e. The third-order valence-electron chi connectivity index (χ3n) is 3.53. The largest absolute Gasteiger partial charge is 0.464 e. The first-order valence-corrected chi connectivity index (χ1v) is 8.61. The van der Waals surface area contributed by atoms with Gasteiger partial charge in [0.05, 0.1) is 10.4 Å². The zero-order valence-corrected chi connectivity index (χ0v) is 16.2. The van der Waals surface area contributed by atoms with E-state index in [1.807, 2.05) is 19.9 Å². The lowest BCUT2D eigenvalue weighted by Gasteiger charge is -2.07. The summed E-state index contributed by atoms with van der Waals surface area (Å²) in [4.78, 5) is 16.5. The SMILES string of the molecule is Cc1cc(C)c2c(OCC(=O)Oc3ccc(Br)cc3Cl)nn(C)c2n1. The molecule has 3 aromatic rings. The van der Waals surface area contributed by atoms with Gasteiger partial charge in [-0.2, -0.15) is 0 Å². The third kappa shape index (κ3) is 3.77. The second-order valence-electron chi connectivity index (χ2n) is 5.55. The minimum absolute atomic E-state index is 0.276. The van der Waals surface area contributed by atoms with Crippen LogP contribution in [0.5, 0.6) is 11.6 Å². The van der Waals surface area contributed by atoms with E-state index in [1.165, 1.54) is 0 Å². The second kappa shape index (κ2) is 7.01. The molecule has 0 bridgehead atoms. The lowest BCUT2D eigenvalue weighted by atomic mass is 10.2. The van der Waals surface area contributed by atoms with E-state index in [2.05, 4.69) is 26.0 Å². The molecule has 0 fully saturated rings. The number of carbonyl (C=O) groups excluding carboxylic acids is 1. The molecule has 0 N–H and O–H groups in total. The van der Waals surface area contributed by atoms with Crippen LogP contribution in [0.25, 0.3) is 11.0 Å². The molecule has 2 aromatic heterocycles. The van der Waals surface area contributed by atoms with Crippen molar-refractivity contribution in [2.45, 2.75) is 13.8 Å². The molecule has 1 aromatic carbocycles. The molecule has 0 aliphatic carbocycles. The highest BCUT2D eigenvalue weighted by atomic mass is 79.9. The van der Waals surface area contributed by atoms with Gasteiger partial charge in [0.25, 0.3) is 0 Å². The van der Waals surface area contributed by atoms with Gasteiger partial charge in [0.15, 0.2) is 12.3 Å². The van der Waals surface area contributed by atoms with Crippen LogP contribution in [0.15, 0.2) is 28.7 Å². The van der Waals surface area contributed by atoms with E-state index in [0.717, 1.165) is 21.1 Å². The van der Waals surface area contributed by atoms with E-state index in [4.69, 9.17) is 21.1 Å². The van der Waals surface area contributed by atoms with Crippen molar-refractivity contribution >= 4 is 44.5 Å². The van der Waals surface area contributed by atoms with Crippen LogP contribution in [-0.4, -0.2) is 27.3 Å². The van der Waals surface area contributed by atoms with Crippen molar-refractivity contribution in [3.8, 4) is 11.6 Å². The van der Waals surface area contributed by atoms with Crippen molar-refractivity contribution < 1.29 is 14.3 Å². The summed E-state index contributed by atoms with van der Waals surface area (Å²) < 4.78 is 13.2. The highest BCUT2D eigenvalue weighted by Gasteiger charge is 2.16. The molecule has 0 saturated carbocycles. The predicted octanol–water partition coefficient (Wildman–Crippen LogP) is 3.99. The predicted molar refractivity (Wildman–Crippen MR) is 98.3 cm³/mol. The number of aryl methyl sites for hydroxylation is 3. The molecule has 0 saturated heterocycles. The van der Waals surface area contributed by atoms with Gasteiger partial charge in [-0.05, 0) is 43.7 Å². The Morgan fingerprint density at radius 3 is 2.80 bits per heavy atom. The molecule has 0 aliphatic rings. The summed E-state index contributed by atoms with van der Waals surface area (Å²) in [6, 6.07) is 6.93. The standard InChI is InChI=1S/C17H15BrClN3O3/c1-9-6-10(2)20-16-15(9)17(21-22(16)3)24-8-14(23)25-13-5-4-11(18)7-12(13)19/h4-7H,8H2,1-3H3. The van der Waals surface area contributed by atoms with Crippen LogP contribution in [0, 0.1) is 13.8 Å². The highest BCUT2D eigenvalue weighted by molar-refractivity contribution is 9.10. The number of aromatic nitrogens is 3. The van der Waals surface area contributed by atoms with Crippen molar-refractivity contribution in [1.82, 2.24) is 14.8 Å². The number of pyridine rings is 1. The average Bonchev–Trinajstić information content (AvgIpc) is 2.84. The monoisotopic (exact) mass is 423 g/mol. The van der Waals surface area contributed by atoms with Gasteiger partial charge >= 0.3 is 5.97 Å². The van der Waals surface area contributed by atoms with Crippen LogP contribution in [-0.2, 0) is 11.8 Å². The van der Waals surface area contributed by atoms with Gasteiger partial charge in [0.2, 0.25) is 5.88 Å². The smallest absolute Gasteiger partial charge is 0.349 e. The highest BCUT2D eigenvalue weighted by Crippen LogP contribution is 2.29. The van der Waals surface area contributed by atoms with Gasteiger partial charge in [-0.15, -0.1) is 5.10 Å². The van der Waals surface area contributed by atoms with E-state index < -0.39 is 5.97 Å². The van der Waals surface area contributed by atoms with E-state index in [0.29, 0.717) is 16.5 Å². The zero-order chi connectivity index (χ0) is 18.1. The molecule has 0 unspecified atom stereocenters. The molecule has 0 atom stereocenters. The number of fused-ring (bicyclic) bond motifs is 1. The number of benzene rings is 1. The van der Waals surface area contributed by atoms with E-state index in [9.17, 15) is 4.79 Å². The number of ether oxygens (including phenoxy) is 2. The van der Waals surface area contributed by atoms with Gasteiger partial charge < -0.3 is 9.47 Å². The Morgan fingerprint density at radius 1 is 1.32 bits per heavy atom. The Hall–Kier alpha value is -2.12. The number of carbonyl (C=O) groups is 1. The van der Waals surface area contributed by atoms with E-state index >= 15 is 0 Å². The molecule has 0 radical (unpaired) electrons. The molecule has 8 heteroatoms. The van der Waals surface area contributed by atoms with Crippen LogP contribution in [0.3, 0.4) is 0 Å². The molecular formula is C17H15BrClN3O3. The fraction of sp³-hybridized carbons (Fsp3) is 0.235. The minimum Gasteiger partial charge on any atom is -0.464 e. The maximum absolute atomic E-state index is 12.0. The van der Waals surface area contributed by atoms with Crippen LogP contribution in [0.4, 0.5) is 0 Å². The number of hydrogen-bond acceptors (Lipinski definition) is 5. The molecule has 3 rings (SSSR count). The third-order valence-corrected chi connectivity index (χ3v) is 4.32. The first kappa shape index (κ1) is 17.7. The molecule has 130 valence electrons. The Bertz CT molecular complexity index is 971. The molecule has 2 heterocycles. The van der Waals surface area contributed by atoms with Gasteiger partial charge in [-0.1, -0.05) is 27.5 Å². The van der Waals surface area contributed by atoms with Crippen molar-refractivity contribution in [1.29, 1.82) is 0 Å². The molecule has 0 amide bonds. The lowest BCUT2D eigenvalue weighted by Crippen LogP contribution is -2.18. The first-order chi connectivity index (χ1) is 11.8. The zero-order valence-electron chi connectivity index (χ0n) is 13.8. The van der Waals surface area contributed by atoms with E-state index in [1.54, 1.807) is 29.9 Å².